The predicted octanol–water partition coefficient (Wildman–Crippen LogP) is 4.97. The van der Waals surface area contributed by atoms with Crippen LogP contribution in [-0.4, -0.2) is 49.3 Å². The second kappa shape index (κ2) is 15.1. The minimum atomic E-state index is -0.174. The number of ether oxygens (including phenoxy) is 2. The van der Waals surface area contributed by atoms with E-state index >= 15 is 0 Å². The Labute approximate surface area is 183 Å². The van der Waals surface area contributed by atoms with Crippen molar-refractivity contribution in [2.24, 2.45) is 0 Å². The van der Waals surface area contributed by atoms with Gasteiger partial charge in [-0.2, -0.15) is 0 Å². The van der Waals surface area contributed by atoms with Gasteiger partial charge < -0.3 is 9.47 Å². The Morgan fingerprint density at radius 3 is 2.30 bits per heavy atom. The van der Waals surface area contributed by atoms with E-state index in [-0.39, 0.29) is 18.1 Å². The number of methoxy groups -OCH3 is 1. The fourth-order valence-electron chi connectivity index (χ4n) is 3.62. The lowest BCUT2D eigenvalue weighted by molar-refractivity contribution is -0.136. The predicted molar refractivity (Wildman–Crippen MR) is 122 cm³/mol. The first kappa shape index (κ1) is 26.2. The molecule has 0 aliphatic carbocycles. The second-order valence-electron chi connectivity index (χ2n) is 8.02. The van der Waals surface area contributed by atoms with Crippen molar-refractivity contribution in [3.8, 4) is 11.5 Å². The molecule has 172 valence electrons. The number of nitrogens with one attached hydrogen (secondary N) is 1. The van der Waals surface area contributed by atoms with Gasteiger partial charge in [0.2, 0.25) is 5.91 Å². The van der Waals surface area contributed by atoms with Gasteiger partial charge in [0.1, 0.15) is 18.1 Å². The van der Waals surface area contributed by atoms with Crippen LogP contribution in [0.15, 0.2) is 24.3 Å². The standard InChI is InChI=1S/C24H42N2O4/c1-7-9-10-11-16-26(22(8-2)17-20(4)30-25-21(5)27)19(3)18-29-24-14-12-23(28-6)13-15-24/h12-15,19-20,22H,7-11,16-18H2,1-6H3,(H,25,27). The van der Waals surface area contributed by atoms with Gasteiger partial charge in [-0.25, -0.2) is 5.48 Å². The Hall–Kier alpha value is -1.79. The van der Waals surface area contributed by atoms with Gasteiger partial charge in [-0.1, -0.05) is 33.1 Å². The normalized spacial score (nSPS) is 14.2. The molecule has 1 aromatic rings. The molecule has 6 nitrogen and oxygen atoms in total. The van der Waals surface area contributed by atoms with Crippen LogP contribution in [0.2, 0.25) is 0 Å². The van der Waals surface area contributed by atoms with Crippen molar-refractivity contribution >= 4 is 5.91 Å². The van der Waals surface area contributed by atoms with E-state index < -0.39 is 0 Å². The highest BCUT2D eigenvalue weighted by atomic mass is 16.7. The van der Waals surface area contributed by atoms with Gasteiger partial charge in [-0.05, 0) is 63.9 Å². The number of nitrogens with zero attached hydrogens (tertiary/aromatic N) is 1. The summed E-state index contributed by atoms with van der Waals surface area (Å²) in [5, 5.41) is 0. The maximum absolute atomic E-state index is 11.1. The van der Waals surface area contributed by atoms with Crippen LogP contribution in [0.25, 0.3) is 0 Å². The number of rotatable bonds is 16. The molecule has 0 aliphatic heterocycles. The number of unbranched alkanes of at least 4 members (excludes halogenated alkanes) is 3. The van der Waals surface area contributed by atoms with Crippen LogP contribution in [0, 0.1) is 0 Å². The molecule has 6 heteroatoms. The van der Waals surface area contributed by atoms with E-state index in [2.05, 4.69) is 31.2 Å². The van der Waals surface area contributed by atoms with Crippen molar-refractivity contribution in [3.63, 3.8) is 0 Å². The lowest BCUT2D eigenvalue weighted by atomic mass is 10.0. The van der Waals surface area contributed by atoms with E-state index in [0.29, 0.717) is 12.6 Å². The number of amides is 1. The van der Waals surface area contributed by atoms with Crippen molar-refractivity contribution < 1.29 is 19.1 Å². The Morgan fingerprint density at radius 2 is 1.73 bits per heavy atom. The Bertz CT molecular complexity index is 579. The molecule has 0 spiro atoms. The molecule has 30 heavy (non-hydrogen) atoms. The molecule has 3 unspecified atom stereocenters. The van der Waals surface area contributed by atoms with Crippen molar-refractivity contribution in [1.29, 1.82) is 0 Å². The molecule has 0 bridgehead atoms. The van der Waals surface area contributed by atoms with Crippen molar-refractivity contribution in [1.82, 2.24) is 10.4 Å². The summed E-state index contributed by atoms with van der Waals surface area (Å²) in [5.41, 5.74) is 2.47. The number of carbonyl (C=O) groups is 1. The molecule has 1 N–H and O–H groups in total. The first-order valence-electron chi connectivity index (χ1n) is 11.4. The number of hydrogen-bond acceptors (Lipinski definition) is 5. The van der Waals surface area contributed by atoms with E-state index in [1.54, 1.807) is 7.11 Å². The zero-order valence-corrected chi connectivity index (χ0v) is 19.8. The van der Waals surface area contributed by atoms with Gasteiger partial charge in [-0.3, -0.25) is 14.5 Å². The first-order valence-corrected chi connectivity index (χ1v) is 11.4. The van der Waals surface area contributed by atoms with Gasteiger partial charge in [0.15, 0.2) is 0 Å². The lowest BCUT2D eigenvalue weighted by Crippen LogP contribution is -2.46. The van der Waals surface area contributed by atoms with Gasteiger partial charge in [-0.15, -0.1) is 0 Å². The highest BCUT2D eigenvalue weighted by Gasteiger charge is 2.25. The van der Waals surface area contributed by atoms with E-state index in [4.69, 9.17) is 14.3 Å². The van der Waals surface area contributed by atoms with E-state index in [0.717, 1.165) is 30.9 Å². The average molecular weight is 423 g/mol. The molecular weight excluding hydrogens is 380 g/mol. The van der Waals surface area contributed by atoms with Crippen molar-refractivity contribution in [3.05, 3.63) is 24.3 Å². The van der Waals surface area contributed by atoms with Crippen LogP contribution in [0.1, 0.15) is 73.1 Å². The molecule has 0 saturated carbocycles. The van der Waals surface area contributed by atoms with E-state index in [9.17, 15) is 4.79 Å². The SMILES string of the molecule is CCCCCCN(C(C)COc1ccc(OC)cc1)C(CC)CC(C)ONC(C)=O. The third kappa shape index (κ3) is 10.3. The minimum Gasteiger partial charge on any atom is -0.497 e. The molecule has 1 aromatic carbocycles. The zero-order valence-electron chi connectivity index (χ0n) is 19.8. The summed E-state index contributed by atoms with van der Waals surface area (Å²) in [6, 6.07) is 8.35. The zero-order chi connectivity index (χ0) is 22.4. The fraction of sp³-hybridized carbons (Fsp3) is 0.708. The summed E-state index contributed by atoms with van der Waals surface area (Å²) in [6.07, 6.45) is 6.75. The van der Waals surface area contributed by atoms with Gasteiger partial charge in [0.25, 0.3) is 0 Å². The highest BCUT2D eigenvalue weighted by Crippen LogP contribution is 2.20. The molecule has 0 aromatic heterocycles. The first-order chi connectivity index (χ1) is 14.4. The van der Waals surface area contributed by atoms with Crippen molar-refractivity contribution in [2.45, 2.75) is 91.3 Å². The maximum atomic E-state index is 11.1. The fourth-order valence-corrected chi connectivity index (χ4v) is 3.62. The Morgan fingerprint density at radius 1 is 1.07 bits per heavy atom. The summed E-state index contributed by atoms with van der Waals surface area (Å²) < 4.78 is 11.3. The summed E-state index contributed by atoms with van der Waals surface area (Å²) in [4.78, 5) is 19.2. The number of carbonyl (C=O) groups excluding carboxylic acids is 1. The lowest BCUT2D eigenvalue weighted by Gasteiger charge is -2.37. The van der Waals surface area contributed by atoms with Crippen LogP contribution in [0.4, 0.5) is 0 Å². The van der Waals surface area contributed by atoms with Crippen LogP contribution in [0.5, 0.6) is 11.5 Å². The van der Waals surface area contributed by atoms with Crippen LogP contribution in [0.3, 0.4) is 0 Å². The Balaban J connectivity index is 2.72. The van der Waals surface area contributed by atoms with E-state index in [1.165, 1.54) is 32.6 Å². The number of hydrogen-bond donors (Lipinski definition) is 1. The van der Waals surface area contributed by atoms with Gasteiger partial charge in [0.05, 0.1) is 13.2 Å². The van der Waals surface area contributed by atoms with Gasteiger partial charge >= 0.3 is 0 Å². The molecular formula is C24H42N2O4. The van der Waals surface area contributed by atoms with Crippen LogP contribution >= 0.6 is 0 Å². The number of hydroxylamine groups is 1. The van der Waals surface area contributed by atoms with E-state index in [1.807, 2.05) is 31.2 Å². The minimum absolute atomic E-state index is 0.0494. The quantitative estimate of drug-likeness (QED) is 0.301. The Kier molecular flexibility index (Phi) is 13.2. The molecule has 1 rings (SSSR count). The molecule has 0 saturated heterocycles. The summed E-state index contributed by atoms with van der Waals surface area (Å²) in [5.74, 6) is 1.50. The highest BCUT2D eigenvalue weighted by molar-refractivity contribution is 5.71. The van der Waals surface area contributed by atoms with Crippen molar-refractivity contribution in [2.75, 3.05) is 20.3 Å². The molecule has 0 heterocycles. The van der Waals surface area contributed by atoms with Crippen LogP contribution in [-0.2, 0) is 9.63 Å². The second-order valence-corrected chi connectivity index (χ2v) is 8.02. The summed E-state index contributed by atoms with van der Waals surface area (Å²) in [6.45, 7) is 11.8. The maximum Gasteiger partial charge on any atom is 0.240 e. The van der Waals surface area contributed by atoms with Gasteiger partial charge in [0, 0.05) is 19.0 Å². The third-order valence-electron chi connectivity index (χ3n) is 5.33. The monoisotopic (exact) mass is 422 g/mol. The number of benzene rings is 1. The largest absolute Gasteiger partial charge is 0.497 e. The van der Waals surface area contributed by atoms with Crippen LogP contribution < -0.4 is 15.0 Å². The summed E-state index contributed by atoms with van der Waals surface area (Å²) in [7, 11) is 1.66. The molecule has 0 fully saturated rings. The molecule has 0 radical (unpaired) electrons. The molecule has 1 amide bonds. The topological polar surface area (TPSA) is 60.0 Å². The third-order valence-corrected chi connectivity index (χ3v) is 5.33. The molecule has 3 atom stereocenters. The molecule has 0 aliphatic rings. The average Bonchev–Trinajstić information content (AvgIpc) is 2.75. The summed E-state index contributed by atoms with van der Waals surface area (Å²) >= 11 is 0. The smallest absolute Gasteiger partial charge is 0.240 e.